The Balaban J connectivity index is 1.62. The van der Waals surface area contributed by atoms with E-state index in [9.17, 15) is 5.11 Å². The third-order valence-electron chi connectivity index (χ3n) is 4.77. The molecule has 2 atom stereocenters. The maximum atomic E-state index is 10.5. The summed E-state index contributed by atoms with van der Waals surface area (Å²) in [7, 11) is 1.97. The molecule has 0 bridgehead atoms. The van der Waals surface area contributed by atoms with E-state index in [1.54, 1.807) is 0 Å². The topological polar surface area (TPSA) is 45.8 Å². The summed E-state index contributed by atoms with van der Waals surface area (Å²) in [5.74, 6) is 1.80. The van der Waals surface area contributed by atoms with Crippen molar-refractivity contribution < 1.29 is 14.3 Å². The lowest BCUT2D eigenvalue weighted by atomic mass is 9.97. The van der Waals surface area contributed by atoms with Gasteiger partial charge in [0, 0.05) is 6.54 Å². The largest absolute Gasteiger partial charge is 0.465 e. The van der Waals surface area contributed by atoms with Crippen LogP contribution >= 0.6 is 0 Å². The molecule has 3 rings (SSSR count). The Labute approximate surface area is 167 Å². The molecule has 148 valence electrons. The van der Waals surface area contributed by atoms with Gasteiger partial charge in [-0.3, -0.25) is 4.90 Å². The van der Waals surface area contributed by atoms with E-state index in [0.717, 1.165) is 22.6 Å². The number of rotatable bonds is 9. The summed E-state index contributed by atoms with van der Waals surface area (Å²) < 4.78 is 11.8. The maximum absolute atomic E-state index is 10.5. The molecular weight excluding hydrogens is 350 g/mol. The first-order valence-electron chi connectivity index (χ1n) is 9.67. The van der Waals surface area contributed by atoms with Crippen molar-refractivity contribution in [1.82, 2.24) is 4.90 Å². The van der Waals surface area contributed by atoms with E-state index in [2.05, 4.69) is 31.2 Å². The van der Waals surface area contributed by atoms with E-state index in [0.29, 0.717) is 13.1 Å². The van der Waals surface area contributed by atoms with Gasteiger partial charge in [-0.2, -0.15) is 0 Å². The van der Waals surface area contributed by atoms with Crippen LogP contribution in [0.2, 0.25) is 0 Å². The number of ether oxygens (including phenoxy) is 1. The standard InChI is InChI=1S/C24H29NO3/c1-18-9-7-8-12-23(18)24(20-10-5-4-6-11-20)27-17-21(26)15-25(3)16-22-14-13-19(2)28-22/h4-14,21,24,26H,15-17H2,1-3H3/t21-,24+/m1/s1. The van der Waals surface area contributed by atoms with Crippen LogP contribution in [0.25, 0.3) is 0 Å². The number of hydrogen-bond acceptors (Lipinski definition) is 4. The van der Waals surface area contributed by atoms with E-state index in [1.165, 1.54) is 5.56 Å². The summed E-state index contributed by atoms with van der Waals surface area (Å²) in [6.45, 7) is 5.45. The predicted molar refractivity (Wildman–Crippen MR) is 111 cm³/mol. The number of benzene rings is 2. The molecule has 0 fully saturated rings. The molecule has 0 radical (unpaired) electrons. The van der Waals surface area contributed by atoms with Gasteiger partial charge < -0.3 is 14.3 Å². The van der Waals surface area contributed by atoms with Crippen LogP contribution in [0.15, 0.2) is 71.1 Å². The predicted octanol–water partition coefficient (Wildman–Crippen LogP) is 4.50. The third kappa shape index (κ3) is 5.55. The number of aryl methyl sites for hydroxylation is 2. The molecule has 1 heterocycles. The van der Waals surface area contributed by atoms with Gasteiger partial charge in [0.1, 0.15) is 17.6 Å². The summed E-state index contributed by atoms with van der Waals surface area (Å²) in [5, 5.41) is 10.5. The number of likely N-dealkylation sites (N-methyl/N-ethyl adjacent to an activating group) is 1. The van der Waals surface area contributed by atoms with Crippen LogP contribution in [0.4, 0.5) is 0 Å². The van der Waals surface area contributed by atoms with Crippen LogP contribution in [0.5, 0.6) is 0 Å². The van der Waals surface area contributed by atoms with Gasteiger partial charge in [0.05, 0.1) is 19.3 Å². The van der Waals surface area contributed by atoms with E-state index in [1.807, 2.05) is 61.3 Å². The molecule has 0 unspecified atom stereocenters. The van der Waals surface area contributed by atoms with E-state index in [4.69, 9.17) is 9.15 Å². The molecule has 0 spiro atoms. The normalized spacial score (nSPS) is 13.6. The molecule has 0 saturated carbocycles. The Kier molecular flexibility index (Phi) is 7.04. The summed E-state index contributed by atoms with van der Waals surface area (Å²) in [6, 6.07) is 22.3. The van der Waals surface area contributed by atoms with Crippen LogP contribution in [0, 0.1) is 13.8 Å². The van der Waals surface area contributed by atoms with Crippen molar-refractivity contribution in [3.63, 3.8) is 0 Å². The van der Waals surface area contributed by atoms with Crippen molar-refractivity contribution in [2.75, 3.05) is 20.2 Å². The second kappa shape index (κ2) is 9.69. The molecule has 0 aliphatic rings. The quantitative estimate of drug-likeness (QED) is 0.595. The summed E-state index contributed by atoms with van der Waals surface area (Å²) in [4.78, 5) is 2.04. The van der Waals surface area contributed by atoms with Crippen molar-refractivity contribution in [3.8, 4) is 0 Å². The second-order valence-corrected chi connectivity index (χ2v) is 7.34. The average molecular weight is 380 g/mol. The number of aliphatic hydroxyl groups is 1. The van der Waals surface area contributed by atoms with Gasteiger partial charge in [-0.05, 0) is 49.7 Å². The van der Waals surface area contributed by atoms with Crippen LogP contribution in [-0.2, 0) is 11.3 Å². The molecule has 3 aromatic rings. The minimum absolute atomic E-state index is 0.199. The van der Waals surface area contributed by atoms with Crippen molar-refractivity contribution >= 4 is 0 Å². The lowest BCUT2D eigenvalue weighted by molar-refractivity contribution is -0.00700. The molecule has 1 N–H and O–H groups in total. The molecule has 0 amide bonds. The highest BCUT2D eigenvalue weighted by Crippen LogP contribution is 2.28. The van der Waals surface area contributed by atoms with Crippen LogP contribution in [0.3, 0.4) is 0 Å². The SMILES string of the molecule is Cc1ccc(CN(C)C[C@@H](O)CO[C@@H](c2ccccc2)c2ccccc2C)o1. The highest BCUT2D eigenvalue weighted by molar-refractivity contribution is 5.35. The smallest absolute Gasteiger partial charge is 0.118 e. The maximum Gasteiger partial charge on any atom is 0.118 e. The number of nitrogens with zero attached hydrogens (tertiary/aromatic N) is 1. The van der Waals surface area contributed by atoms with Crippen molar-refractivity contribution in [1.29, 1.82) is 0 Å². The molecule has 0 aliphatic carbocycles. The fourth-order valence-corrected chi connectivity index (χ4v) is 3.39. The highest BCUT2D eigenvalue weighted by atomic mass is 16.5. The minimum Gasteiger partial charge on any atom is -0.465 e. The fraction of sp³-hybridized carbons (Fsp3) is 0.333. The van der Waals surface area contributed by atoms with Gasteiger partial charge >= 0.3 is 0 Å². The number of aliphatic hydroxyl groups excluding tert-OH is 1. The Bertz CT molecular complexity index is 859. The van der Waals surface area contributed by atoms with Crippen molar-refractivity contribution in [2.45, 2.75) is 32.6 Å². The Hall–Kier alpha value is -2.40. The molecule has 2 aromatic carbocycles. The molecule has 0 aliphatic heterocycles. The first-order valence-corrected chi connectivity index (χ1v) is 9.67. The molecule has 4 heteroatoms. The van der Waals surface area contributed by atoms with Crippen molar-refractivity contribution in [2.24, 2.45) is 0 Å². The third-order valence-corrected chi connectivity index (χ3v) is 4.77. The van der Waals surface area contributed by atoms with Crippen LogP contribution in [0.1, 0.15) is 34.3 Å². The first kappa shape index (κ1) is 20.3. The zero-order valence-electron chi connectivity index (χ0n) is 16.8. The summed E-state index contributed by atoms with van der Waals surface area (Å²) in [5.41, 5.74) is 3.39. The average Bonchev–Trinajstić information content (AvgIpc) is 3.08. The van der Waals surface area contributed by atoms with Gasteiger partial charge in [0.25, 0.3) is 0 Å². The fourth-order valence-electron chi connectivity index (χ4n) is 3.39. The molecule has 4 nitrogen and oxygen atoms in total. The lowest BCUT2D eigenvalue weighted by Gasteiger charge is -2.24. The van der Waals surface area contributed by atoms with Gasteiger partial charge in [-0.25, -0.2) is 0 Å². The molecular formula is C24H29NO3. The Morgan fingerprint density at radius 3 is 2.36 bits per heavy atom. The monoisotopic (exact) mass is 379 g/mol. The van der Waals surface area contributed by atoms with Gasteiger partial charge in [0.2, 0.25) is 0 Å². The molecule has 0 saturated heterocycles. The summed E-state index contributed by atoms with van der Waals surface area (Å²) >= 11 is 0. The second-order valence-electron chi connectivity index (χ2n) is 7.34. The van der Waals surface area contributed by atoms with E-state index in [-0.39, 0.29) is 12.7 Å². The summed E-state index contributed by atoms with van der Waals surface area (Å²) in [6.07, 6.45) is -0.786. The van der Waals surface area contributed by atoms with E-state index < -0.39 is 6.10 Å². The molecule has 28 heavy (non-hydrogen) atoms. The van der Waals surface area contributed by atoms with Crippen molar-refractivity contribution in [3.05, 3.63) is 94.9 Å². The highest BCUT2D eigenvalue weighted by Gasteiger charge is 2.19. The zero-order chi connectivity index (χ0) is 19.9. The zero-order valence-corrected chi connectivity index (χ0v) is 16.8. The lowest BCUT2D eigenvalue weighted by Crippen LogP contribution is -2.32. The Morgan fingerprint density at radius 2 is 1.68 bits per heavy atom. The minimum atomic E-state index is -0.587. The van der Waals surface area contributed by atoms with Gasteiger partial charge in [-0.1, -0.05) is 54.6 Å². The number of furan rings is 1. The Morgan fingerprint density at radius 1 is 0.964 bits per heavy atom. The van der Waals surface area contributed by atoms with E-state index >= 15 is 0 Å². The van der Waals surface area contributed by atoms with Gasteiger partial charge in [-0.15, -0.1) is 0 Å². The van der Waals surface area contributed by atoms with Crippen LogP contribution < -0.4 is 0 Å². The first-order chi connectivity index (χ1) is 13.5. The van der Waals surface area contributed by atoms with Crippen LogP contribution in [-0.4, -0.2) is 36.3 Å². The van der Waals surface area contributed by atoms with Gasteiger partial charge in [0.15, 0.2) is 0 Å². The number of hydrogen-bond donors (Lipinski definition) is 1. The molecule has 1 aromatic heterocycles.